The Kier molecular flexibility index (Phi) is 2.82. The maximum Gasteiger partial charge on any atom is 0.220 e. The molecule has 22 heavy (non-hydrogen) atoms. The van der Waals surface area contributed by atoms with Crippen LogP contribution < -0.4 is 5.43 Å². The van der Waals surface area contributed by atoms with Crippen molar-refractivity contribution in [1.82, 2.24) is 0 Å². The number of fused-ring (bicyclic) bond motifs is 1. The largest absolute Gasteiger partial charge is 0.504 e. The van der Waals surface area contributed by atoms with Crippen molar-refractivity contribution in [2.24, 2.45) is 11.3 Å². The van der Waals surface area contributed by atoms with Crippen molar-refractivity contribution in [3.8, 4) is 5.75 Å². The average molecular weight is 300 g/mol. The zero-order valence-electron chi connectivity index (χ0n) is 13.6. The first-order chi connectivity index (χ1) is 10.3. The van der Waals surface area contributed by atoms with Crippen LogP contribution in [0.1, 0.15) is 62.3 Å². The normalized spacial score (nSPS) is 34.9. The summed E-state index contributed by atoms with van der Waals surface area (Å²) in [6.45, 7) is 7.26. The quantitative estimate of drug-likeness (QED) is 0.796. The van der Waals surface area contributed by atoms with E-state index in [1.807, 2.05) is 6.07 Å². The molecule has 1 aromatic carbocycles. The third-order valence-electron chi connectivity index (χ3n) is 6.49. The van der Waals surface area contributed by atoms with Crippen molar-refractivity contribution in [1.29, 1.82) is 0 Å². The second kappa shape index (κ2) is 4.35. The molecule has 2 aliphatic heterocycles. The van der Waals surface area contributed by atoms with E-state index in [0.29, 0.717) is 11.5 Å². The third-order valence-corrected chi connectivity index (χ3v) is 6.49. The first-order valence-electron chi connectivity index (χ1n) is 8.35. The Hall–Kier alpha value is -1.35. The van der Waals surface area contributed by atoms with E-state index >= 15 is 0 Å². The number of hydrogen-bond donors (Lipinski definition) is 1. The van der Waals surface area contributed by atoms with Crippen LogP contribution in [0, 0.1) is 18.3 Å². The molecule has 2 fully saturated rings. The van der Waals surface area contributed by atoms with Gasteiger partial charge in [0.15, 0.2) is 5.75 Å². The van der Waals surface area contributed by atoms with Crippen molar-refractivity contribution in [3.05, 3.63) is 39.0 Å². The fourth-order valence-electron chi connectivity index (χ4n) is 5.38. The Labute approximate surface area is 131 Å². The Morgan fingerprint density at radius 1 is 1.27 bits per heavy atom. The third kappa shape index (κ3) is 1.69. The van der Waals surface area contributed by atoms with E-state index in [-0.39, 0.29) is 28.1 Å². The lowest BCUT2D eigenvalue weighted by atomic mass is 9.48. The van der Waals surface area contributed by atoms with Gasteiger partial charge in [0, 0.05) is 5.41 Å². The van der Waals surface area contributed by atoms with E-state index < -0.39 is 0 Å². The van der Waals surface area contributed by atoms with Gasteiger partial charge in [0.1, 0.15) is 0 Å². The number of aromatic hydroxyl groups is 1. The molecule has 2 unspecified atom stereocenters. The Morgan fingerprint density at radius 2 is 2.05 bits per heavy atom. The molecule has 3 heteroatoms. The monoisotopic (exact) mass is 300 g/mol. The zero-order valence-corrected chi connectivity index (χ0v) is 13.6. The summed E-state index contributed by atoms with van der Waals surface area (Å²) < 4.78 is 6.15. The highest BCUT2D eigenvalue weighted by atomic mass is 16.5. The lowest BCUT2D eigenvalue weighted by Crippen LogP contribution is -2.56. The molecule has 2 heterocycles. The van der Waals surface area contributed by atoms with Crippen LogP contribution in [-0.2, 0) is 10.2 Å². The molecule has 0 radical (unpaired) electrons. The molecule has 1 aromatic rings. The van der Waals surface area contributed by atoms with E-state index in [1.165, 1.54) is 12.8 Å². The number of ether oxygens (including phenoxy) is 1. The Balaban J connectivity index is 2.02. The van der Waals surface area contributed by atoms with Gasteiger partial charge in [-0.15, -0.1) is 0 Å². The molecule has 5 rings (SSSR count). The lowest BCUT2D eigenvalue weighted by molar-refractivity contribution is -0.136. The van der Waals surface area contributed by atoms with E-state index in [0.717, 1.165) is 30.6 Å². The van der Waals surface area contributed by atoms with E-state index in [1.54, 1.807) is 13.0 Å². The molecule has 1 spiro atoms. The second-order valence-electron chi connectivity index (χ2n) is 8.14. The Morgan fingerprint density at radius 3 is 2.82 bits per heavy atom. The fourth-order valence-corrected chi connectivity index (χ4v) is 5.38. The minimum Gasteiger partial charge on any atom is -0.504 e. The molecule has 4 aliphatic rings. The summed E-state index contributed by atoms with van der Waals surface area (Å²) in [4.78, 5) is 12.3. The van der Waals surface area contributed by atoms with Crippen LogP contribution in [0.25, 0.3) is 0 Å². The summed E-state index contributed by atoms with van der Waals surface area (Å²) in [5.41, 5.74) is 2.94. The van der Waals surface area contributed by atoms with Crippen LogP contribution in [0.3, 0.4) is 0 Å². The molecule has 2 aliphatic carbocycles. The molecule has 0 amide bonds. The van der Waals surface area contributed by atoms with Gasteiger partial charge in [-0.3, -0.25) is 4.79 Å². The van der Waals surface area contributed by atoms with Crippen LogP contribution in [0.2, 0.25) is 0 Å². The van der Waals surface area contributed by atoms with E-state index in [9.17, 15) is 9.90 Å². The number of rotatable bonds is 0. The molecule has 3 atom stereocenters. The Bertz CT molecular complexity index is 706. The van der Waals surface area contributed by atoms with Crippen molar-refractivity contribution in [2.75, 3.05) is 6.61 Å². The van der Waals surface area contributed by atoms with Crippen LogP contribution in [0.4, 0.5) is 0 Å². The van der Waals surface area contributed by atoms with Crippen molar-refractivity contribution >= 4 is 0 Å². The van der Waals surface area contributed by atoms with Crippen molar-refractivity contribution in [3.63, 3.8) is 0 Å². The highest BCUT2D eigenvalue weighted by Crippen LogP contribution is 2.62. The molecule has 118 valence electrons. The number of hydrogen-bond acceptors (Lipinski definition) is 3. The van der Waals surface area contributed by atoms with Gasteiger partial charge in [-0.05, 0) is 66.3 Å². The standard InChI is InChI=1S/C19H24O3/c1-11-7-12-13(8-14(20)17(11)21)19-6-4-5-18(2,3)16(19)9-15(12)22-10-19/h7-8,15-16H,4-6,9-10H2,1-3H3,(H,20,21)/t15-,16?,19?/m0/s1. The predicted molar refractivity (Wildman–Crippen MR) is 85.2 cm³/mol. The molecule has 0 aromatic heterocycles. The van der Waals surface area contributed by atoms with Gasteiger partial charge in [0.2, 0.25) is 5.43 Å². The molecular weight excluding hydrogens is 276 g/mol. The smallest absolute Gasteiger partial charge is 0.220 e. The average Bonchev–Trinajstić information content (AvgIpc) is 2.59. The highest BCUT2D eigenvalue weighted by molar-refractivity contribution is 5.46. The van der Waals surface area contributed by atoms with Crippen LogP contribution in [-0.4, -0.2) is 11.7 Å². The van der Waals surface area contributed by atoms with Gasteiger partial charge in [0.25, 0.3) is 0 Å². The summed E-state index contributed by atoms with van der Waals surface area (Å²) >= 11 is 0. The zero-order chi connectivity index (χ0) is 15.7. The van der Waals surface area contributed by atoms with Crippen LogP contribution in [0.5, 0.6) is 5.75 Å². The summed E-state index contributed by atoms with van der Waals surface area (Å²) in [5, 5.41) is 10.1. The van der Waals surface area contributed by atoms with Gasteiger partial charge in [-0.25, -0.2) is 0 Å². The minimum atomic E-state index is -0.247. The summed E-state index contributed by atoms with van der Waals surface area (Å²) in [6, 6.07) is 3.69. The molecule has 1 saturated carbocycles. The molecular formula is C19H24O3. The first kappa shape index (κ1) is 14.3. The summed E-state index contributed by atoms with van der Waals surface area (Å²) in [7, 11) is 0. The van der Waals surface area contributed by atoms with Gasteiger partial charge in [-0.2, -0.15) is 0 Å². The number of aryl methyl sites for hydroxylation is 1. The van der Waals surface area contributed by atoms with Gasteiger partial charge in [0.05, 0.1) is 12.7 Å². The maximum absolute atomic E-state index is 12.3. The van der Waals surface area contributed by atoms with Gasteiger partial charge < -0.3 is 9.84 Å². The topological polar surface area (TPSA) is 46.5 Å². The highest BCUT2D eigenvalue weighted by Gasteiger charge is 2.58. The molecule has 1 N–H and O–H groups in total. The minimum absolute atomic E-state index is 0.0388. The molecule has 2 bridgehead atoms. The van der Waals surface area contributed by atoms with Crippen LogP contribution >= 0.6 is 0 Å². The van der Waals surface area contributed by atoms with Gasteiger partial charge >= 0.3 is 0 Å². The summed E-state index contributed by atoms with van der Waals surface area (Å²) in [5.74, 6) is 0.445. The fraction of sp³-hybridized carbons (Fsp3) is 0.632. The van der Waals surface area contributed by atoms with Gasteiger partial charge in [-0.1, -0.05) is 20.3 Å². The SMILES string of the molecule is Cc1cc2c(cc(=O)c1O)C13CCCC(C)(C)C1C[C@@H]2OC3. The van der Waals surface area contributed by atoms with Crippen molar-refractivity contribution in [2.45, 2.75) is 58.0 Å². The lowest BCUT2D eigenvalue weighted by Gasteiger charge is -2.60. The van der Waals surface area contributed by atoms with E-state index in [2.05, 4.69) is 13.8 Å². The van der Waals surface area contributed by atoms with Crippen LogP contribution in [0.15, 0.2) is 16.9 Å². The molecule has 1 saturated heterocycles. The maximum atomic E-state index is 12.3. The summed E-state index contributed by atoms with van der Waals surface area (Å²) in [6.07, 6.45) is 4.62. The predicted octanol–water partition coefficient (Wildman–Crippen LogP) is 3.60. The second-order valence-corrected chi connectivity index (χ2v) is 8.14. The van der Waals surface area contributed by atoms with Crippen molar-refractivity contribution < 1.29 is 9.84 Å². The molecule has 3 nitrogen and oxygen atoms in total. The van der Waals surface area contributed by atoms with E-state index in [4.69, 9.17) is 4.74 Å². The first-order valence-corrected chi connectivity index (χ1v) is 8.35.